The average Bonchev–Trinajstić information content (AvgIpc) is 3.29. The number of fused-ring (bicyclic) bond motifs is 1. The molecule has 31 heavy (non-hydrogen) atoms. The molecule has 0 aliphatic heterocycles. The third-order valence-corrected chi connectivity index (χ3v) is 5.14. The molecular weight excluding hydrogens is 390 g/mol. The van der Waals surface area contributed by atoms with Crippen LogP contribution in [-0.4, -0.2) is 38.5 Å². The summed E-state index contributed by atoms with van der Waals surface area (Å²) >= 11 is 0. The number of aryl methyl sites for hydroxylation is 3. The highest BCUT2D eigenvalue weighted by Gasteiger charge is 2.15. The number of nitrogens with zero attached hydrogens (tertiary/aromatic N) is 4. The minimum Gasteiger partial charge on any atom is -0.382 e. The molecular formula is C24H27N5O2. The maximum atomic E-state index is 12.9. The molecule has 0 bridgehead atoms. The van der Waals surface area contributed by atoms with E-state index < -0.39 is 0 Å². The van der Waals surface area contributed by atoms with Crippen molar-refractivity contribution >= 4 is 22.9 Å². The average molecular weight is 418 g/mol. The van der Waals surface area contributed by atoms with Gasteiger partial charge in [0.25, 0.3) is 5.91 Å². The number of ether oxygens (including phenoxy) is 1. The zero-order valence-corrected chi connectivity index (χ0v) is 18.1. The van der Waals surface area contributed by atoms with Gasteiger partial charge >= 0.3 is 0 Å². The summed E-state index contributed by atoms with van der Waals surface area (Å²) in [4.78, 5) is 17.6. The van der Waals surface area contributed by atoms with Crippen molar-refractivity contribution in [1.29, 1.82) is 0 Å². The van der Waals surface area contributed by atoms with Gasteiger partial charge in [0.05, 0.1) is 22.4 Å². The van der Waals surface area contributed by atoms with E-state index in [1.165, 1.54) is 0 Å². The van der Waals surface area contributed by atoms with Crippen molar-refractivity contribution in [2.24, 2.45) is 0 Å². The standard InChI is InChI=1S/C24H27N5O2/c1-4-31-15-7-14-28-22-9-6-5-8-21(22)25-24(28)26-23(30)19-10-12-20(13-11-19)29-18(3)16-17(2)27-29/h5-6,8-13,16H,4,7,14-15H2,1-3H3,(H,25,26,30). The Morgan fingerprint density at radius 3 is 2.58 bits per heavy atom. The van der Waals surface area contributed by atoms with Gasteiger partial charge in [0.15, 0.2) is 0 Å². The number of aromatic nitrogens is 4. The van der Waals surface area contributed by atoms with E-state index in [1.54, 1.807) is 0 Å². The van der Waals surface area contributed by atoms with Crippen molar-refractivity contribution in [3.05, 3.63) is 71.5 Å². The summed E-state index contributed by atoms with van der Waals surface area (Å²) in [6, 6.07) is 17.3. The highest BCUT2D eigenvalue weighted by molar-refractivity contribution is 6.04. The minimum atomic E-state index is -0.193. The van der Waals surface area contributed by atoms with E-state index in [9.17, 15) is 4.79 Å². The van der Waals surface area contributed by atoms with Crippen LogP contribution in [0.4, 0.5) is 5.95 Å². The van der Waals surface area contributed by atoms with Crippen molar-refractivity contribution in [2.45, 2.75) is 33.7 Å². The second kappa shape index (κ2) is 9.14. The molecule has 0 radical (unpaired) electrons. The lowest BCUT2D eigenvalue weighted by Crippen LogP contribution is -2.16. The van der Waals surface area contributed by atoms with Crippen molar-refractivity contribution < 1.29 is 9.53 Å². The van der Waals surface area contributed by atoms with Gasteiger partial charge in [-0.15, -0.1) is 0 Å². The number of benzene rings is 2. The Bertz CT molecular complexity index is 1190. The maximum Gasteiger partial charge on any atom is 0.257 e. The SMILES string of the molecule is CCOCCCn1c(NC(=O)c2ccc(-n3nc(C)cc3C)cc2)nc2ccccc21. The Kier molecular flexibility index (Phi) is 6.13. The van der Waals surface area contributed by atoms with Gasteiger partial charge in [-0.05, 0) is 69.7 Å². The molecule has 0 unspecified atom stereocenters. The normalized spacial score (nSPS) is 11.2. The fraction of sp³-hybridized carbons (Fsp3) is 0.292. The topological polar surface area (TPSA) is 74.0 Å². The molecule has 0 spiro atoms. The molecule has 1 amide bonds. The molecule has 0 aliphatic carbocycles. The van der Waals surface area contributed by atoms with E-state index in [0.29, 0.717) is 31.3 Å². The van der Waals surface area contributed by atoms with Crippen LogP contribution in [0, 0.1) is 13.8 Å². The quantitative estimate of drug-likeness (QED) is 0.428. The number of anilines is 1. The Morgan fingerprint density at radius 1 is 1.10 bits per heavy atom. The lowest BCUT2D eigenvalue weighted by Gasteiger charge is -2.11. The van der Waals surface area contributed by atoms with Gasteiger partial charge in [0.1, 0.15) is 0 Å². The first-order valence-electron chi connectivity index (χ1n) is 10.5. The fourth-order valence-electron chi connectivity index (χ4n) is 3.68. The van der Waals surface area contributed by atoms with E-state index >= 15 is 0 Å². The number of imidazole rings is 1. The van der Waals surface area contributed by atoms with E-state index in [-0.39, 0.29) is 5.91 Å². The Hall–Kier alpha value is -3.45. The summed E-state index contributed by atoms with van der Waals surface area (Å²) in [6.07, 6.45) is 0.842. The molecule has 0 aliphatic rings. The van der Waals surface area contributed by atoms with Crippen molar-refractivity contribution in [3.8, 4) is 5.69 Å². The third kappa shape index (κ3) is 4.51. The highest BCUT2D eigenvalue weighted by Crippen LogP contribution is 2.21. The summed E-state index contributed by atoms with van der Waals surface area (Å²) < 4.78 is 9.37. The molecule has 4 aromatic rings. The number of hydrogen-bond donors (Lipinski definition) is 1. The molecule has 2 aromatic heterocycles. The summed E-state index contributed by atoms with van der Waals surface area (Å²) in [6.45, 7) is 8.04. The third-order valence-electron chi connectivity index (χ3n) is 5.14. The van der Waals surface area contributed by atoms with Gasteiger partial charge in [-0.1, -0.05) is 12.1 Å². The molecule has 2 aromatic carbocycles. The molecule has 160 valence electrons. The largest absolute Gasteiger partial charge is 0.382 e. The van der Waals surface area contributed by atoms with E-state index in [2.05, 4.69) is 15.4 Å². The first-order chi connectivity index (χ1) is 15.1. The van der Waals surface area contributed by atoms with Crippen molar-refractivity contribution in [1.82, 2.24) is 19.3 Å². The van der Waals surface area contributed by atoms with Gasteiger partial charge in [-0.25, -0.2) is 9.67 Å². The number of rotatable bonds is 8. The van der Waals surface area contributed by atoms with Crippen LogP contribution in [0.1, 0.15) is 35.1 Å². The van der Waals surface area contributed by atoms with Gasteiger partial charge in [-0.3, -0.25) is 10.1 Å². The second-order valence-corrected chi connectivity index (χ2v) is 7.47. The number of nitrogens with one attached hydrogen (secondary N) is 1. The van der Waals surface area contributed by atoms with Gasteiger partial charge in [0, 0.05) is 31.0 Å². The van der Waals surface area contributed by atoms with Crippen LogP contribution >= 0.6 is 0 Å². The van der Waals surface area contributed by atoms with Crippen LogP contribution in [0.3, 0.4) is 0 Å². The monoisotopic (exact) mass is 417 g/mol. The minimum absolute atomic E-state index is 0.193. The van der Waals surface area contributed by atoms with Gasteiger partial charge in [-0.2, -0.15) is 5.10 Å². The summed E-state index contributed by atoms with van der Waals surface area (Å²) in [5.74, 6) is 0.353. The predicted molar refractivity (Wildman–Crippen MR) is 122 cm³/mol. The molecule has 0 atom stereocenters. The molecule has 0 saturated carbocycles. The summed E-state index contributed by atoms with van der Waals surface area (Å²) in [7, 11) is 0. The van der Waals surface area contributed by atoms with Crippen molar-refractivity contribution in [3.63, 3.8) is 0 Å². The van der Waals surface area contributed by atoms with Gasteiger partial charge < -0.3 is 9.30 Å². The molecule has 4 rings (SSSR count). The smallest absolute Gasteiger partial charge is 0.257 e. The van der Waals surface area contributed by atoms with E-state index in [4.69, 9.17) is 4.74 Å². The van der Waals surface area contributed by atoms with Crippen LogP contribution < -0.4 is 5.32 Å². The number of carbonyl (C=O) groups is 1. The molecule has 2 heterocycles. The molecule has 0 saturated heterocycles. The van der Waals surface area contributed by atoms with Crippen LogP contribution in [0.5, 0.6) is 0 Å². The van der Waals surface area contributed by atoms with Crippen LogP contribution in [0.25, 0.3) is 16.7 Å². The second-order valence-electron chi connectivity index (χ2n) is 7.47. The maximum absolute atomic E-state index is 12.9. The Balaban J connectivity index is 1.54. The molecule has 7 heteroatoms. The number of amides is 1. The molecule has 0 fully saturated rings. The Morgan fingerprint density at radius 2 is 1.87 bits per heavy atom. The van der Waals surface area contributed by atoms with Crippen molar-refractivity contribution in [2.75, 3.05) is 18.5 Å². The predicted octanol–water partition coefficient (Wildman–Crippen LogP) is 4.52. The first-order valence-corrected chi connectivity index (χ1v) is 10.5. The Labute approximate surface area is 181 Å². The number of carbonyl (C=O) groups excluding carboxylic acids is 1. The van der Waals surface area contributed by atoms with Crippen LogP contribution in [-0.2, 0) is 11.3 Å². The number of hydrogen-bond acceptors (Lipinski definition) is 4. The van der Waals surface area contributed by atoms with Gasteiger partial charge in [0.2, 0.25) is 5.95 Å². The lowest BCUT2D eigenvalue weighted by molar-refractivity contribution is 0.102. The summed E-state index contributed by atoms with van der Waals surface area (Å²) in [5, 5.41) is 7.47. The lowest BCUT2D eigenvalue weighted by atomic mass is 10.2. The molecule has 7 nitrogen and oxygen atoms in total. The highest BCUT2D eigenvalue weighted by atomic mass is 16.5. The molecule has 1 N–H and O–H groups in total. The van der Waals surface area contributed by atoms with E-state index in [0.717, 1.165) is 34.5 Å². The van der Waals surface area contributed by atoms with E-state index in [1.807, 2.05) is 84.6 Å². The zero-order valence-electron chi connectivity index (χ0n) is 18.1. The zero-order chi connectivity index (χ0) is 21.8. The first kappa shape index (κ1) is 20.8. The van der Waals surface area contributed by atoms with Crippen LogP contribution in [0.2, 0.25) is 0 Å². The fourth-order valence-corrected chi connectivity index (χ4v) is 3.68. The van der Waals surface area contributed by atoms with Crippen LogP contribution in [0.15, 0.2) is 54.6 Å². The summed E-state index contributed by atoms with van der Waals surface area (Å²) in [5.41, 5.74) is 5.35. The number of para-hydroxylation sites is 2.